The lowest BCUT2D eigenvalue weighted by molar-refractivity contribution is 0.591. The summed E-state index contributed by atoms with van der Waals surface area (Å²) in [4.78, 5) is 0. The van der Waals surface area contributed by atoms with Gasteiger partial charge in [-0.05, 0) is 37.3 Å². The van der Waals surface area contributed by atoms with Gasteiger partial charge in [-0.1, -0.05) is 0 Å². The van der Waals surface area contributed by atoms with Crippen molar-refractivity contribution in [3.63, 3.8) is 0 Å². The molecule has 1 aromatic carbocycles. The van der Waals surface area contributed by atoms with Gasteiger partial charge in [0.1, 0.15) is 11.6 Å². The minimum Gasteiger partial charge on any atom is -0.328 e. The standard InChI is InChI=1S/C11H15F2NS/c1-8(14)4-5-15-7-9-6-10(12)2-3-11(9)13/h2-3,6,8H,4-5,7,14H2,1H3. The third-order valence-corrected chi connectivity index (χ3v) is 3.02. The Labute approximate surface area is 93.1 Å². The summed E-state index contributed by atoms with van der Waals surface area (Å²) in [5, 5.41) is 0. The van der Waals surface area contributed by atoms with E-state index in [1.807, 2.05) is 6.92 Å². The SMILES string of the molecule is CC(N)CCSCc1cc(F)ccc1F. The molecule has 84 valence electrons. The van der Waals surface area contributed by atoms with Crippen LogP contribution in [-0.2, 0) is 5.75 Å². The molecule has 0 heterocycles. The molecule has 1 unspecified atom stereocenters. The molecule has 0 fully saturated rings. The molecule has 0 amide bonds. The first kappa shape index (κ1) is 12.5. The van der Waals surface area contributed by atoms with Crippen molar-refractivity contribution < 1.29 is 8.78 Å². The van der Waals surface area contributed by atoms with E-state index >= 15 is 0 Å². The molecule has 1 nitrogen and oxygen atoms in total. The minimum absolute atomic E-state index is 0.162. The topological polar surface area (TPSA) is 26.0 Å². The summed E-state index contributed by atoms with van der Waals surface area (Å²) in [6, 6.07) is 3.70. The molecule has 0 saturated heterocycles. The minimum atomic E-state index is -0.390. The van der Waals surface area contributed by atoms with Crippen molar-refractivity contribution in [2.75, 3.05) is 5.75 Å². The number of thioether (sulfide) groups is 1. The molecule has 0 radical (unpaired) electrons. The zero-order chi connectivity index (χ0) is 11.3. The molecule has 15 heavy (non-hydrogen) atoms. The van der Waals surface area contributed by atoms with Crippen LogP contribution in [0.3, 0.4) is 0 Å². The number of halogens is 2. The Balaban J connectivity index is 2.40. The lowest BCUT2D eigenvalue weighted by atomic mass is 10.2. The second kappa shape index (κ2) is 6.08. The highest BCUT2D eigenvalue weighted by atomic mass is 32.2. The fourth-order valence-corrected chi connectivity index (χ4v) is 2.23. The van der Waals surface area contributed by atoms with Gasteiger partial charge in [0.15, 0.2) is 0 Å². The molecule has 1 atom stereocenters. The largest absolute Gasteiger partial charge is 0.328 e. The zero-order valence-electron chi connectivity index (χ0n) is 8.67. The van der Waals surface area contributed by atoms with Crippen molar-refractivity contribution in [1.29, 1.82) is 0 Å². The monoisotopic (exact) mass is 231 g/mol. The van der Waals surface area contributed by atoms with Crippen molar-refractivity contribution in [3.05, 3.63) is 35.4 Å². The molecular weight excluding hydrogens is 216 g/mol. The zero-order valence-corrected chi connectivity index (χ0v) is 9.49. The van der Waals surface area contributed by atoms with E-state index in [1.165, 1.54) is 6.07 Å². The van der Waals surface area contributed by atoms with Crippen LogP contribution in [0.15, 0.2) is 18.2 Å². The fourth-order valence-electron chi connectivity index (χ4n) is 1.11. The van der Waals surface area contributed by atoms with Crippen molar-refractivity contribution in [2.24, 2.45) is 5.73 Å². The predicted octanol–water partition coefficient (Wildman–Crippen LogP) is 2.94. The average molecular weight is 231 g/mol. The predicted molar refractivity (Wildman–Crippen MR) is 60.8 cm³/mol. The summed E-state index contributed by atoms with van der Waals surface area (Å²) in [5.74, 6) is 0.633. The van der Waals surface area contributed by atoms with Gasteiger partial charge >= 0.3 is 0 Å². The number of rotatable bonds is 5. The molecule has 4 heteroatoms. The molecule has 1 rings (SSSR count). The maximum Gasteiger partial charge on any atom is 0.127 e. The van der Waals surface area contributed by atoms with Gasteiger partial charge in [0.05, 0.1) is 0 Å². The Morgan fingerprint density at radius 1 is 1.40 bits per heavy atom. The van der Waals surface area contributed by atoms with Crippen molar-refractivity contribution >= 4 is 11.8 Å². The van der Waals surface area contributed by atoms with Gasteiger partial charge in [0.25, 0.3) is 0 Å². The second-order valence-corrected chi connectivity index (χ2v) is 4.66. The van der Waals surface area contributed by atoms with E-state index in [0.717, 1.165) is 24.3 Å². The molecule has 0 bridgehead atoms. The van der Waals surface area contributed by atoms with E-state index in [1.54, 1.807) is 11.8 Å². The van der Waals surface area contributed by atoms with Gasteiger partial charge in [-0.25, -0.2) is 8.78 Å². The Hall–Kier alpha value is -0.610. The maximum atomic E-state index is 13.2. The second-order valence-electron chi connectivity index (χ2n) is 3.55. The van der Waals surface area contributed by atoms with Crippen LogP contribution >= 0.6 is 11.8 Å². The molecule has 0 spiro atoms. The summed E-state index contributed by atoms with van der Waals surface area (Å²) in [7, 11) is 0. The highest BCUT2D eigenvalue weighted by Gasteiger charge is 2.04. The van der Waals surface area contributed by atoms with E-state index in [2.05, 4.69) is 0 Å². The molecule has 0 aliphatic rings. The summed E-state index contributed by atoms with van der Waals surface area (Å²) < 4.78 is 25.9. The van der Waals surface area contributed by atoms with Crippen LogP contribution in [-0.4, -0.2) is 11.8 Å². The fraction of sp³-hybridized carbons (Fsp3) is 0.455. The van der Waals surface area contributed by atoms with Crippen molar-refractivity contribution in [2.45, 2.75) is 25.1 Å². The Morgan fingerprint density at radius 2 is 2.13 bits per heavy atom. The number of benzene rings is 1. The maximum absolute atomic E-state index is 13.2. The van der Waals surface area contributed by atoms with Crippen LogP contribution < -0.4 is 5.73 Å². The quantitative estimate of drug-likeness (QED) is 0.788. The lowest BCUT2D eigenvalue weighted by Crippen LogP contribution is -2.15. The van der Waals surface area contributed by atoms with Crippen molar-refractivity contribution in [3.8, 4) is 0 Å². The molecule has 0 aliphatic carbocycles. The molecular formula is C11H15F2NS. The van der Waals surface area contributed by atoms with Gasteiger partial charge in [-0.2, -0.15) is 11.8 Å². The summed E-state index contributed by atoms with van der Waals surface area (Å²) in [6.45, 7) is 1.93. The third kappa shape index (κ3) is 4.62. The van der Waals surface area contributed by atoms with E-state index < -0.39 is 0 Å². The summed E-state index contributed by atoms with van der Waals surface area (Å²) in [6.07, 6.45) is 0.890. The van der Waals surface area contributed by atoms with Crippen LogP contribution in [0.4, 0.5) is 8.78 Å². The van der Waals surface area contributed by atoms with E-state index in [-0.39, 0.29) is 17.7 Å². The number of hydrogen-bond donors (Lipinski definition) is 1. The van der Waals surface area contributed by atoms with Gasteiger partial charge < -0.3 is 5.73 Å². The number of hydrogen-bond acceptors (Lipinski definition) is 2. The molecule has 1 aromatic rings. The van der Waals surface area contributed by atoms with Crippen LogP contribution in [0, 0.1) is 11.6 Å². The molecule has 2 N–H and O–H groups in total. The van der Waals surface area contributed by atoms with E-state index in [0.29, 0.717) is 11.3 Å². The Kier molecular flexibility index (Phi) is 5.05. The van der Waals surface area contributed by atoms with Gasteiger partial charge in [0.2, 0.25) is 0 Å². The molecule has 0 aromatic heterocycles. The summed E-state index contributed by atoms with van der Waals surface area (Å²) >= 11 is 1.57. The Morgan fingerprint density at radius 3 is 2.80 bits per heavy atom. The van der Waals surface area contributed by atoms with E-state index in [4.69, 9.17) is 5.73 Å². The van der Waals surface area contributed by atoms with Gasteiger partial charge in [-0.15, -0.1) is 0 Å². The first-order valence-electron chi connectivity index (χ1n) is 4.87. The van der Waals surface area contributed by atoms with Crippen LogP contribution in [0.2, 0.25) is 0 Å². The Bertz CT molecular complexity index is 315. The molecule has 0 saturated carbocycles. The highest BCUT2D eigenvalue weighted by molar-refractivity contribution is 7.98. The highest BCUT2D eigenvalue weighted by Crippen LogP contribution is 2.17. The average Bonchev–Trinajstić information content (AvgIpc) is 2.17. The van der Waals surface area contributed by atoms with Gasteiger partial charge in [-0.3, -0.25) is 0 Å². The van der Waals surface area contributed by atoms with Crippen LogP contribution in [0.25, 0.3) is 0 Å². The van der Waals surface area contributed by atoms with Gasteiger partial charge in [0, 0.05) is 17.4 Å². The molecule has 0 aliphatic heterocycles. The third-order valence-electron chi connectivity index (χ3n) is 1.98. The lowest BCUT2D eigenvalue weighted by Gasteiger charge is -2.05. The smallest absolute Gasteiger partial charge is 0.127 e. The normalized spacial score (nSPS) is 12.8. The van der Waals surface area contributed by atoms with Crippen molar-refractivity contribution in [1.82, 2.24) is 0 Å². The first-order chi connectivity index (χ1) is 7.09. The summed E-state index contributed by atoms with van der Waals surface area (Å²) in [5.41, 5.74) is 6.00. The number of nitrogens with two attached hydrogens (primary N) is 1. The van der Waals surface area contributed by atoms with E-state index in [9.17, 15) is 8.78 Å². The van der Waals surface area contributed by atoms with Crippen LogP contribution in [0.1, 0.15) is 18.9 Å². The van der Waals surface area contributed by atoms with Crippen LogP contribution in [0.5, 0.6) is 0 Å². The first-order valence-corrected chi connectivity index (χ1v) is 6.02.